The van der Waals surface area contributed by atoms with E-state index in [0.29, 0.717) is 10.9 Å². The highest BCUT2D eigenvalue weighted by Gasteiger charge is 2.12. The van der Waals surface area contributed by atoms with E-state index in [0.717, 1.165) is 6.07 Å². The number of rotatable bonds is 4. The highest BCUT2D eigenvalue weighted by atomic mass is 19.1. The third kappa shape index (κ3) is 2.79. The standard InChI is InChI=1S/C11H11FN4O3/c12-7-3-6-5-16(2-1-14-11(18)19)15-9(6)8(4-7)10(13)17/h3-5,14H,1-2H2,(H2,13,17)(H,18,19). The van der Waals surface area contributed by atoms with Crippen LogP contribution in [0.3, 0.4) is 0 Å². The summed E-state index contributed by atoms with van der Waals surface area (Å²) in [7, 11) is 0. The summed E-state index contributed by atoms with van der Waals surface area (Å²) in [5, 5.41) is 15.1. The fraction of sp³-hybridized carbons (Fsp3) is 0.182. The fourth-order valence-corrected chi connectivity index (χ4v) is 1.73. The van der Waals surface area contributed by atoms with E-state index in [2.05, 4.69) is 10.4 Å². The second-order valence-corrected chi connectivity index (χ2v) is 3.88. The van der Waals surface area contributed by atoms with Gasteiger partial charge in [-0.1, -0.05) is 0 Å². The first-order chi connectivity index (χ1) is 8.97. The van der Waals surface area contributed by atoms with Crippen LogP contribution < -0.4 is 11.1 Å². The molecule has 0 aliphatic carbocycles. The molecule has 0 radical (unpaired) electrons. The van der Waals surface area contributed by atoms with Crippen LogP contribution in [0.15, 0.2) is 18.3 Å². The SMILES string of the molecule is NC(=O)c1cc(F)cc2cn(CCNC(=O)O)nc12. The first-order valence-electron chi connectivity index (χ1n) is 5.40. The zero-order valence-corrected chi connectivity index (χ0v) is 9.76. The monoisotopic (exact) mass is 266 g/mol. The average molecular weight is 266 g/mol. The number of carbonyl (C=O) groups excluding carboxylic acids is 1. The molecule has 100 valence electrons. The number of halogens is 1. The van der Waals surface area contributed by atoms with Gasteiger partial charge in [-0.05, 0) is 12.1 Å². The van der Waals surface area contributed by atoms with Gasteiger partial charge >= 0.3 is 6.09 Å². The van der Waals surface area contributed by atoms with Crippen LogP contribution >= 0.6 is 0 Å². The smallest absolute Gasteiger partial charge is 0.404 e. The minimum absolute atomic E-state index is 0.0000521. The molecule has 2 rings (SSSR count). The predicted octanol–water partition coefficient (Wildman–Crippen LogP) is 0.542. The minimum atomic E-state index is -1.14. The van der Waals surface area contributed by atoms with E-state index in [1.54, 1.807) is 0 Å². The lowest BCUT2D eigenvalue weighted by molar-refractivity contribution is 0.100. The molecule has 4 N–H and O–H groups in total. The molecular formula is C11H11FN4O3. The van der Waals surface area contributed by atoms with Gasteiger partial charge in [-0.2, -0.15) is 5.10 Å². The van der Waals surface area contributed by atoms with Crippen LogP contribution in [0.1, 0.15) is 10.4 Å². The zero-order chi connectivity index (χ0) is 14.0. The van der Waals surface area contributed by atoms with Crippen molar-refractivity contribution < 1.29 is 19.1 Å². The van der Waals surface area contributed by atoms with Crippen molar-refractivity contribution in [3.63, 3.8) is 0 Å². The predicted molar refractivity (Wildman–Crippen MR) is 64.2 cm³/mol. The van der Waals surface area contributed by atoms with Crippen molar-refractivity contribution in [2.45, 2.75) is 6.54 Å². The second-order valence-electron chi connectivity index (χ2n) is 3.88. The third-order valence-electron chi connectivity index (χ3n) is 2.50. The van der Waals surface area contributed by atoms with Crippen LogP contribution in [-0.2, 0) is 6.54 Å². The minimum Gasteiger partial charge on any atom is -0.465 e. The van der Waals surface area contributed by atoms with Crippen molar-refractivity contribution in [3.8, 4) is 0 Å². The molecule has 0 aliphatic rings. The molecule has 1 aromatic heterocycles. The Morgan fingerprint density at radius 2 is 2.21 bits per heavy atom. The number of aromatic nitrogens is 2. The second kappa shape index (κ2) is 4.92. The number of carbonyl (C=O) groups is 2. The number of nitrogens with one attached hydrogen (secondary N) is 1. The first-order valence-corrected chi connectivity index (χ1v) is 5.40. The quantitative estimate of drug-likeness (QED) is 0.750. The molecule has 2 amide bonds. The van der Waals surface area contributed by atoms with Crippen LogP contribution in [0.5, 0.6) is 0 Å². The van der Waals surface area contributed by atoms with Gasteiger partial charge in [-0.3, -0.25) is 9.48 Å². The summed E-state index contributed by atoms with van der Waals surface area (Å²) in [6, 6.07) is 2.26. The maximum atomic E-state index is 13.3. The highest BCUT2D eigenvalue weighted by Crippen LogP contribution is 2.18. The van der Waals surface area contributed by atoms with E-state index in [-0.39, 0.29) is 18.7 Å². The van der Waals surface area contributed by atoms with Crippen molar-refractivity contribution in [2.24, 2.45) is 5.73 Å². The van der Waals surface area contributed by atoms with Gasteiger partial charge in [0.15, 0.2) is 0 Å². The van der Waals surface area contributed by atoms with Gasteiger partial charge in [0.1, 0.15) is 11.3 Å². The van der Waals surface area contributed by atoms with E-state index in [1.165, 1.54) is 16.9 Å². The molecule has 0 saturated heterocycles. The van der Waals surface area contributed by atoms with Crippen LogP contribution in [0, 0.1) is 5.82 Å². The molecule has 7 nitrogen and oxygen atoms in total. The van der Waals surface area contributed by atoms with Gasteiger partial charge in [-0.15, -0.1) is 0 Å². The topological polar surface area (TPSA) is 110 Å². The molecule has 2 aromatic rings. The van der Waals surface area contributed by atoms with E-state index in [1.807, 2.05) is 0 Å². The molecule has 0 atom stereocenters. The highest BCUT2D eigenvalue weighted by molar-refractivity contribution is 6.04. The fourth-order valence-electron chi connectivity index (χ4n) is 1.73. The van der Waals surface area contributed by atoms with Crippen LogP contribution in [0.25, 0.3) is 10.9 Å². The summed E-state index contributed by atoms with van der Waals surface area (Å²) >= 11 is 0. The Bertz CT molecular complexity index is 653. The summed E-state index contributed by atoms with van der Waals surface area (Å²) in [5.41, 5.74) is 5.45. The van der Waals surface area contributed by atoms with Gasteiger partial charge in [0.25, 0.3) is 5.91 Å². The molecule has 0 fully saturated rings. The Balaban J connectivity index is 2.31. The normalized spacial score (nSPS) is 10.6. The lowest BCUT2D eigenvalue weighted by atomic mass is 10.1. The van der Waals surface area contributed by atoms with Gasteiger partial charge in [0.2, 0.25) is 0 Å². The molecular weight excluding hydrogens is 255 g/mol. The molecule has 1 aromatic carbocycles. The Morgan fingerprint density at radius 1 is 1.47 bits per heavy atom. The molecule has 0 aliphatic heterocycles. The van der Waals surface area contributed by atoms with Gasteiger partial charge in [0.05, 0.1) is 12.1 Å². The van der Waals surface area contributed by atoms with Crippen LogP contribution in [0.4, 0.5) is 9.18 Å². The molecule has 19 heavy (non-hydrogen) atoms. The van der Waals surface area contributed by atoms with Crippen LogP contribution in [-0.4, -0.2) is 33.4 Å². The van der Waals surface area contributed by atoms with Gasteiger partial charge in [0, 0.05) is 18.1 Å². The number of carboxylic acid groups (broad SMARTS) is 1. The molecule has 0 unspecified atom stereocenters. The maximum Gasteiger partial charge on any atom is 0.404 e. The Hall–Kier alpha value is -2.64. The molecule has 8 heteroatoms. The van der Waals surface area contributed by atoms with Crippen molar-refractivity contribution in [1.29, 1.82) is 0 Å². The van der Waals surface area contributed by atoms with E-state index in [9.17, 15) is 14.0 Å². The molecule has 0 saturated carbocycles. The van der Waals surface area contributed by atoms with E-state index in [4.69, 9.17) is 10.8 Å². The number of nitrogens with two attached hydrogens (primary N) is 1. The Labute approximate surface area is 106 Å². The largest absolute Gasteiger partial charge is 0.465 e. The number of hydrogen-bond donors (Lipinski definition) is 3. The lowest BCUT2D eigenvalue weighted by Crippen LogP contribution is -2.25. The van der Waals surface area contributed by atoms with Crippen molar-refractivity contribution >= 4 is 22.9 Å². The summed E-state index contributed by atoms with van der Waals surface area (Å²) < 4.78 is 14.7. The van der Waals surface area contributed by atoms with Crippen LogP contribution in [0.2, 0.25) is 0 Å². The van der Waals surface area contributed by atoms with Crippen molar-refractivity contribution in [3.05, 3.63) is 29.7 Å². The summed E-state index contributed by atoms with van der Waals surface area (Å²) in [5.74, 6) is -1.34. The van der Waals surface area contributed by atoms with Gasteiger partial charge in [-0.25, -0.2) is 9.18 Å². The zero-order valence-electron chi connectivity index (χ0n) is 9.76. The first kappa shape index (κ1) is 12.8. The summed E-state index contributed by atoms with van der Waals surface area (Å²) in [6.45, 7) is 0.415. The number of amides is 2. The Morgan fingerprint density at radius 3 is 2.84 bits per heavy atom. The number of nitrogens with zero attached hydrogens (tertiary/aromatic N) is 2. The molecule has 1 heterocycles. The molecule has 0 bridgehead atoms. The maximum absolute atomic E-state index is 13.3. The number of benzene rings is 1. The van der Waals surface area contributed by atoms with E-state index < -0.39 is 17.8 Å². The Kier molecular flexibility index (Phi) is 3.32. The number of hydrogen-bond acceptors (Lipinski definition) is 3. The summed E-state index contributed by atoms with van der Waals surface area (Å²) in [4.78, 5) is 21.5. The van der Waals surface area contributed by atoms with E-state index >= 15 is 0 Å². The summed E-state index contributed by atoms with van der Waals surface area (Å²) in [6.07, 6.45) is 0.384. The third-order valence-corrected chi connectivity index (χ3v) is 2.50. The average Bonchev–Trinajstić information content (AvgIpc) is 2.69. The number of fused-ring (bicyclic) bond motifs is 1. The van der Waals surface area contributed by atoms with Gasteiger partial charge < -0.3 is 16.2 Å². The lowest BCUT2D eigenvalue weighted by Gasteiger charge is -2.00. The molecule has 0 spiro atoms. The number of primary amides is 1. The van der Waals surface area contributed by atoms with Crippen molar-refractivity contribution in [1.82, 2.24) is 15.1 Å². The van der Waals surface area contributed by atoms with Crippen molar-refractivity contribution in [2.75, 3.05) is 6.54 Å².